The molecule has 7 rings (SSSR count). The molecule has 3 aromatic heterocycles. The van der Waals surface area contributed by atoms with Gasteiger partial charge in [-0.05, 0) is 36.6 Å². The molecule has 11 nitrogen and oxygen atoms in total. The topological polar surface area (TPSA) is 127 Å². The molecular formula is C30H31N9O2. The van der Waals surface area contributed by atoms with Crippen LogP contribution in [0, 0.1) is 0 Å². The molecule has 4 aromatic rings. The van der Waals surface area contributed by atoms with Crippen LogP contribution in [0.2, 0.25) is 0 Å². The van der Waals surface area contributed by atoms with Crippen molar-refractivity contribution < 1.29 is 9.53 Å². The van der Waals surface area contributed by atoms with Gasteiger partial charge in [-0.15, -0.1) is 0 Å². The molecule has 208 valence electrons. The Hall–Kier alpha value is -4.77. The van der Waals surface area contributed by atoms with Crippen LogP contribution in [-0.4, -0.2) is 86.9 Å². The van der Waals surface area contributed by atoms with Gasteiger partial charge in [0.2, 0.25) is 0 Å². The number of benzene rings is 1. The highest BCUT2D eigenvalue weighted by atomic mass is 16.5. The van der Waals surface area contributed by atoms with E-state index < -0.39 is 0 Å². The number of fused-ring (bicyclic) bond motifs is 2. The van der Waals surface area contributed by atoms with Gasteiger partial charge in [0.05, 0.1) is 47.9 Å². The zero-order valence-electron chi connectivity index (χ0n) is 22.7. The van der Waals surface area contributed by atoms with Crippen LogP contribution in [0.1, 0.15) is 24.0 Å². The highest BCUT2D eigenvalue weighted by molar-refractivity contribution is 5.94. The first-order valence-electron chi connectivity index (χ1n) is 14.0. The number of rotatable bonds is 5. The Morgan fingerprint density at radius 1 is 1.07 bits per heavy atom. The lowest BCUT2D eigenvalue weighted by Crippen LogP contribution is -2.43. The van der Waals surface area contributed by atoms with E-state index in [1.54, 1.807) is 17.3 Å². The number of carbonyl (C=O) groups is 1. The first-order valence-corrected chi connectivity index (χ1v) is 14.0. The SMILES string of the molecule is C=C(c1cccc2[nH]c(-c3n[nH]c4c3=CC(c3cncc(NC(=O)N5CCOCC5)c3)=CCN=4)nc12)N1CCCC1. The fourth-order valence-electron chi connectivity index (χ4n) is 5.60. The Morgan fingerprint density at radius 2 is 1.93 bits per heavy atom. The number of imidazole rings is 1. The molecule has 0 spiro atoms. The summed E-state index contributed by atoms with van der Waals surface area (Å²) in [5.41, 5.74) is 7.67. The first kappa shape index (κ1) is 25.2. The molecule has 0 bridgehead atoms. The number of aromatic amines is 2. The fourth-order valence-corrected chi connectivity index (χ4v) is 5.60. The van der Waals surface area contributed by atoms with Gasteiger partial charge in [0, 0.05) is 49.2 Å². The summed E-state index contributed by atoms with van der Waals surface area (Å²) >= 11 is 0. The number of morpholine rings is 1. The Bertz CT molecular complexity index is 1790. The predicted octanol–water partition coefficient (Wildman–Crippen LogP) is 2.78. The number of allylic oxidation sites excluding steroid dienone is 1. The molecule has 0 atom stereocenters. The third-order valence-electron chi connectivity index (χ3n) is 7.80. The van der Waals surface area contributed by atoms with E-state index >= 15 is 0 Å². The van der Waals surface area contributed by atoms with Crippen molar-refractivity contribution in [1.82, 2.24) is 34.9 Å². The van der Waals surface area contributed by atoms with Gasteiger partial charge >= 0.3 is 6.03 Å². The Balaban J connectivity index is 1.21. The largest absolute Gasteiger partial charge is 0.378 e. The van der Waals surface area contributed by atoms with Crippen LogP contribution < -0.4 is 16.0 Å². The smallest absolute Gasteiger partial charge is 0.322 e. The van der Waals surface area contributed by atoms with Crippen molar-refractivity contribution in [3.63, 3.8) is 0 Å². The first-order chi connectivity index (χ1) is 20.1. The number of carbonyl (C=O) groups excluding carboxylic acids is 1. The standard InChI is InChI=1S/C30H31N9O2/c1-19(38-9-2-3-10-38)23-5-4-6-25-26(23)35-29(34-25)27-24-16-20(7-8-32-28(24)37-36-27)21-15-22(18-31-17-21)33-30(40)39-11-13-41-14-12-39/h4-7,15-18H,1-3,8-14H2,(H,32,37)(H,33,40)(H,34,35). The monoisotopic (exact) mass is 549 g/mol. The van der Waals surface area contributed by atoms with Gasteiger partial charge in [0.25, 0.3) is 0 Å². The van der Waals surface area contributed by atoms with Gasteiger partial charge in [-0.3, -0.25) is 15.1 Å². The second-order valence-corrected chi connectivity index (χ2v) is 10.4. The Morgan fingerprint density at radius 3 is 2.78 bits per heavy atom. The fraction of sp³-hybridized carbons (Fsp3) is 0.300. The highest BCUT2D eigenvalue weighted by Crippen LogP contribution is 2.29. The minimum Gasteiger partial charge on any atom is -0.378 e. The van der Waals surface area contributed by atoms with Crippen LogP contribution in [-0.2, 0) is 4.74 Å². The number of H-pyrrole nitrogens is 2. The molecule has 3 N–H and O–H groups in total. The molecule has 0 radical (unpaired) electrons. The number of anilines is 1. The number of urea groups is 1. The number of amides is 2. The molecular weight excluding hydrogens is 518 g/mol. The number of ether oxygens (including phenoxy) is 1. The van der Waals surface area contributed by atoms with Crippen LogP contribution >= 0.6 is 0 Å². The summed E-state index contributed by atoms with van der Waals surface area (Å²) in [6.45, 7) is 9.15. The van der Waals surface area contributed by atoms with Gasteiger partial charge in [0.15, 0.2) is 11.3 Å². The molecule has 11 heteroatoms. The molecule has 3 aliphatic rings. The van der Waals surface area contributed by atoms with Crippen LogP contribution in [0.5, 0.6) is 0 Å². The summed E-state index contributed by atoms with van der Waals surface area (Å²) < 4.78 is 5.35. The van der Waals surface area contributed by atoms with Crippen molar-refractivity contribution in [2.75, 3.05) is 51.3 Å². The van der Waals surface area contributed by atoms with Crippen molar-refractivity contribution in [3.05, 3.63) is 71.1 Å². The number of nitrogens with zero attached hydrogens (tertiary/aromatic N) is 6. The molecule has 0 unspecified atom stereocenters. The number of para-hydroxylation sites is 1. The number of hydrogen-bond donors (Lipinski definition) is 3. The zero-order valence-corrected chi connectivity index (χ0v) is 22.7. The van der Waals surface area contributed by atoms with Crippen molar-refractivity contribution >= 4 is 40.1 Å². The summed E-state index contributed by atoms with van der Waals surface area (Å²) in [6, 6.07) is 7.91. The number of hydrogen-bond acceptors (Lipinski definition) is 7. The highest BCUT2D eigenvalue weighted by Gasteiger charge is 2.20. The number of pyridine rings is 1. The van der Waals surface area contributed by atoms with E-state index in [4.69, 9.17) is 14.7 Å². The molecule has 3 aliphatic heterocycles. The second kappa shape index (κ2) is 10.7. The lowest BCUT2D eigenvalue weighted by molar-refractivity contribution is 0.0564. The minimum absolute atomic E-state index is 0.155. The zero-order chi connectivity index (χ0) is 27.8. The van der Waals surface area contributed by atoms with E-state index in [2.05, 4.69) is 43.0 Å². The average Bonchev–Trinajstić information content (AvgIpc) is 3.75. The van der Waals surface area contributed by atoms with Crippen LogP contribution in [0.4, 0.5) is 10.5 Å². The van der Waals surface area contributed by atoms with Gasteiger partial charge in [-0.1, -0.05) is 24.8 Å². The summed E-state index contributed by atoms with van der Waals surface area (Å²) in [5.74, 6) is 0.663. The van der Waals surface area contributed by atoms with Crippen molar-refractivity contribution in [2.24, 2.45) is 4.99 Å². The molecule has 2 fully saturated rings. The quantitative estimate of drug-likeness (QED) is 0.351. The molecule has 0 aliphatic carbocycles. The average molecular weight is 550 g/mol. The maximum Gasteiger partial charge on any atom is 0.322 e. The van der Waals surface area contributed by atoms with Crippen molar-refractivity contribution in [3.8, 4) is 11.5 Å². The van der Waals surface area contributed by atoms with Crippen LogP contribution in [0.15, 0.2) is 54.3 Å². The molecule has 41 heavy (non-hydrogen) atoms. The third-order valence-corrected chi connectivity index (χ3v) is 7.80. The summed E-state index contributed by atoms with van der Waals surface area (Å²) in [4.78, 5) is 34.3. The summed E-state index contributed by atoms with van der Waals surface area (Å²) in [5, 5.41) is 11.5. The normalized spacial score (nSPS) is 16.9. The summed E-state index contributed by atoms with van der Waals surface area (Å²) in [6.07, 6.45) is 9.91. The van der Waals surface area contributed by atoms with E-state index in [0.29, 0.717) is 55.5 Å². The van der Waals surface area contributed by atoms with Crippen LogP contribution in [0.25, 0.3) is 39.9 Å². The van der Waals surface area contributed by atoms with Gasteiger partial charge in [-0.25, -0.2) is 9.78 Å². The molecule has 2 saturated heterocycles. The van der Waals surface area contributed by atoms with E-state index in [-0.39, 0.29) is 6.03 Å². The predicted molar refractivity (Wildman–Crippen MR) is 157 cm³/mol. The van der Waals surface area contributed by atoms with E-state index in [1.807, 2.05) is 30.4 Å². The van der Waals surface area contributed by atoms with E-state index in [1.165, 1.54) is 12.8 Å². The van der Waals surface area contributed by atoms with Crippen molar-refractivity contribution in [2.45, 2.75) is 12.8 Å². The molecule has 6 heterocycles. The van der Waals surface area contributed by atoms with Gasteiger partial charge in [-0.2, -0.15) is 5.10 Å². The Kier molecular flexibility index (Phi) is 6.56. The van der Waals surface area contributed by atoms with E-state index in [0.717, 1.165) is 51.7 Å². The van der Waals surface area contributed by atoms with E-state index in [9.17, 15) is 4.79 Å². The maximum atomic E-state index is 12.7. The van der Waals surface area contributed by atoms with Crippen molar-refractivity contribution in [1.29, 1.82) is 0 Å². The number of nitrogens with one attached hydrogen (secondary N) is 3. The summed E-state index contributed by atoms with van der Waals surface area (Å²) in [7, 11) is 0. The number of aromatic nitrogens is 5. The lowest BCUT2D eigenvalue weighted by Gasteiger charge is -2.26. The van der Waals surface area contributed by atoms with Gasteiger partial charge < -0.3 is 24.8 Å². The Labute approximate surface area is 236 Å². The van der Waals surface area contributed by atoms with Crippen LogP contribution in [0.3, 0.4) is 0 Å². The molecule has 1 aromatic carbocycles. The molecule has 2 amide bonds. The maximum absolute atomic E-state index is 12.7. The third kappa shape index (κ3) is 4.89. The molecule has 0 saturated carbocycles. The number of likely N-dealkylation sites (tertiary alicyclic amines) is 1. The van der Waals surface area contributed by atoms with Gasteiger partial charge in [0.1, 0.15) is 5.69 Å². The second-order valence-electron chi connectivity index (χ2n) is 10.4. The minimum atomic E-state index is -0.155. The lowest BCUT2D eigenvalue weighted by atomic mass is 10.1.